The van der Waals surface area contributed by atoms with Crippen molar-refractivity contribution in [2.45, 2.75) is 6.42 Å². The smallest absolute Gasteiger partial charge is 0.270 e. The van der Waals surface area contributed by atoms with Crippen LogP contribution in [0.1, 0.15) is 12.0 Å². The third kappa shape index (κ3) is 2.99. The predicted molar refractivity (Wildman–Crippen MR) is 58.2 cm³/mol. The van der Waals surface area contributed by atoms with E-state index in [-0.39, 0.29) is 12.1 Å². The van der Waals surface area contributed by atoms with Crippen LogP contribution in [0.4, 0.5) is 11.4 Å². The zero-order chi connectivity index (χ0) is 12.1. The Hall–Kier alpha value is -2.55. The van der Waals surface area contributed by atoms with Gasteiger partial charge in [-0.15, -0.1) is 0 Å². The highest BCUT2D eigenvalue weighted by molar-refractivity contribution is 5.76. The molecule has 0 spiro atoms. The molecule has 0 fully saturated rings. The number of nitrogens with two attached hydrogens (primary N) is 2. The van der Waals surface area contributed by atoms with Crippen LogP contribution >= 0.6 is 0 Å². The molecule has 1 rings (SSSR count). The number of hydrogen-bond acceptors (Lipinski definition) is 4. The summed E-state index contributed by atoms with van der Waals surface area (Å²) in [5.41, 5.74) is 11.0. The van der Waals surface area contributed by atoms with Crippen molar-refractivity contribution in [3.8, 4) is 11.8 Å². The molecule has 82 valence electrons. The molecule has 0 saturated heterocycles. The number of amides is 1. The Morgan fingerprint density at radius 3 is 2.75 bits per heavy atom. The summed E-state index contributed by atoms with van der Waals surface area (Å²) >= 11 is 0. The van der Waals surface area contributed by atoms with E-state index in [4.69, 9.17) is 11.5 Å². The second-order valence-corrected chi connectivity index (χ2v) is 2.97. The highest BCUT2D eigenvalue weighted by Crippen LogP contribution is 2.18. The van der Waals surface area contributed by atoms with Crippen LogP contribution in [-0.4, -0.2) is 10.8 Å². The summed E-state index contributed by atoms with van der Waals surface area (Å²) in [4.78, 5) is 20.4. The van der Waals surface area contributed by atoms with Crippen LogP contribution in [-0.2, 0) is 4.79 Å². The fraction of sp³-hybridized carbons (Fsp3) is 0.100. The Morgan fingerprint density at radius 1 is 1.50 bits per heavy atom. The number of carbonyl (C=O) groups is 1. The molecule has 0 aromatic heterocycles. The highest BCUT2D eigenvalue weighted by atomic mass is 16.6. The molecule has 0 radical (unpaired) electrons. The van der Waals surface area contributed by atoms with Gasteiger partial charge in [-0.2, -0.15) is 0 Å². The number of nitro benzene ring substituents is 1. The molecule has 0 atom stereocenters. The fourth-order valence-corrected chi connectivity index (χ4v) is 0.993. The van der Waals surface area contributed by atoms with Gasteiger partial charge in [-0.25, -0.2) is 0 Å². The van der Waals surface area contributed by atoms with Crippen molar-refractivity contribution in [2.24, 2.45) is 5.73 Å². The minimum atomic E-state index is -0.559. The van der Waals surface area contributed by atoms with E-state index in [0.29, 0.717) is 11.3 Å². The first-order valence-electron chi connectivity index (χ1n) is 4.32. The van der Waals surface area contributed by atoms with Crippen molar-refractivity contribution in [1.29, 1.82) is 0 Å². The Bertz CT molecular complexity index is 500. The average molecular weight is 219 g/mol. The molecule has 0 unspecified atom stereocenters. The second kappa shape index (κ2) is 4.79. The second-order valence-electron chi connectivity index (χ2n) is 2.97. The van der Waals surface area contributed by atoms with Crippen LogP contribution in [0.25, 0.3) is 0 Å². The van der Waals surface area contributed by atoms with Crippen LogP contribution in [0.5, 0.6) is 0 Å². The Balaban J connectivity index is 3.01. The topological polar surface area (TPSA) is 112 Å². The number of nitro groups is 1. The van der Waals surface area contributed by atoms with Crippen molar-refractivity contribution < 1.29 is 9.72 Å². The minimum Gasteiger partial charge on any atom is -0.398 e. The van der Waals surface area contributed by atoms with E-state index in [9.17, 15) is 14.9 Å². The molecule has 0 aliphatic rings. The molecule has 16 heavy (non-hydrogen) atoms. The molecule has 0 bridgehead atoms. The number of non-ortho nitro benzene ring substituents is 1. The van der Waals surface area contributed by atoms with Gasteiger partial charge in [-0.1, -0.05) is 11.8 Å². The number of nitrogen functional groups attached to an aromatic ring is 1. The maximum Gasteiger partial charge on any atom is 0.270 e. The van der Waals surface area contributed by atoms with E-state index >= 15 is 0 Å². The minimum absolute atomic E-state index is 0.0995. The first kappa shape index (κ1) is 11.5. The molecular formula is C10H9N3O3. The van der Waals surface area contributed by atoms with Crippen molar-refractivity contribution >= 4 is 17.3 Å². The summed E-state index contributed by atoms with van der Waals surface area (Å²) < 4.78 is 0. The number of hydrogen-bond donors (Lipinski definition) is 2. The number of rotatable bonds is 2. The quantitative estimate of drug-likeness (QED) is 0.324. The van der Waals surface area contributed by atoms with E-state index in [1.54, 1.807) is 0 Å². The van der Waals surface area contributed by atoms with Gasteiger partial charge in [0.2, 0.25) is 5.91 Å². The molecule has 0 saturated carbocycles. The van der Waals surface area contributed by atoms with Gasteiger partial charge in [0, 0.05) is 17.8 Å². The van der Waals surface area contributed by atoms with Gasteiger partial charge in [-0.3, -0.25) is 14.9 Å². The zero-order valence-corrected chi connectivity index (χ0v) is 8.27. The van der Waals surface area contributed by atoms with Crippen molar-refractivity contribution in [3.05, 3.63) is 33.9 Å². The van der Waals surface area contributed by atoms with Crippen LogP contribution < -0.4 is 11.5 Å². The van der Waals surface area contributed by atoms with Gasteiger partial charge in [0.1, 0.15) is 0 Å². The van der Waals surface area contributed by atoms with Gasteiger partial charge >= 0.3 is 0 Å². The molecule has 0 heterocycles. The summed E-state index contributed by atoms with van der Waals surface area (Å²) in [7, 11) is 0. The molecule has 4 N–H and O–H groups in total. The van der Waals surface area contributed by atoms with E-state index in [2.05, 4.69) is 11.8 Å². The molecule has 1 aromatic carbocycles. The van der Waals surface area contributed by atoms with Crippen LogP contribution in [0, 0.1) is 22.0 Å². The lowest BCUT2D eigenvalue weighted by atomic mass is 10.1. The highest BCUT2D eigenvalue weighted by Gasteiger charge is 2.07. The van der Waals surface area contributed by atoms with Gasteiger partial charge < -0.3 is 11.5 Å². The summed E-state index contributed by atoms with van der Waals surface area (Å²) in [5, 5.41) is 10.5. The molecule has 0 aliphatic heterocycles. The first-order chi connectivity index (χ1) is 7.50. The Labute approximate surface area is 91.4 Å². The van der Waals surface area contributed by atoms with Crippen molar-refractivity contribution in [1.82, 2.24) is 0 Å². The first-order valence-corrected chi connectivity index (χ1v) is 4.32. The van der Waals surface area contributed by atoms with Gasteiger partial charge in [-0.05, 0) is 6.07 Å². The van der Waals surface area contributed by atoms with Crippen molar-refractivity contribution in [3.63, 3.8) is 0 Å². The maximum atomic E-state index is 10.5. The molecule has 1 amide bonds. The van der Waals surface area contributed by atoms with Gasteiger partial charge in [0.15, 0.2) is 0 Å². The Morgan fingerprint density at radius 2 is 2.19 bits per heavy atom. The molecule has 0 aliphatic carbocycles. The predicted octanol–water partition coefficient (Wildman–Crippen LogP) is 0.404. The fourth-order valence-electron chi connectivity index (χ4n) is 0.993. The van der Waals surface area contributed by atoms with Crippen molar-refractivity contribution in [2.75, 3.05) is 5.73 Å². The summed E-state index contributed by atoms with van der Waals surface area (Å²) in [5.74, 6) is 4.48. The lowest BCUT2D eigenvalue weighted by Gasteiger charge is -1.97. The number of nitrogens with zero attached hydrogens (tertiary/aromatic N) is 1. The van der Waals surface area contributed by atoms with E-state index in [0.717, 1.165) is 0 Å². The SMILES string of the molecule is NC(=O)CC#Cc1cc([N+](=O)[O-])ccc1N. The van der Waals surface area contributed by atoms with E-state index in [1.165, 1.54) is 18.2 Å². The number of benzene rings is 1. The molecule has 6 nitrogen and oxygen atoms in total. The summed E-state index contributed by atoms with van der Waals surface area (Å²) in [6, 6.07) is 3.93. The maximum absolute atomic E-state index is 10.5. The number of carbonyl (C=O) groups excluding carboxylic acids is 1. The molecule has 6 heteroatoms. The lowest BCUT2D eigenvalue weighted by molar-refractivity contribution is -0.384. The van der Waals surface area contributed by atoms with Gasteiger partial charge in [0.25, 0.3) is 5.69 Å². The Kier molecular flexibility index (Phi) is 3.45. The lowest BCUT2D eigenvalue weighted by Crippen LogP contribution is -2.08. The van der Waals surface area contributed by atoms with E-state index in [1.807, 2.05) is 0 Å². The van der Waals surface area contributed by atoms with Crippen LogP contribution in [0.3, 0.4) is 0 Å². The number of primary amides is 1. The van der Waals surface area contributed by atoms with Gasteiger partial charge in [0.05, 0.1) is 16.9 Å². The van der Waals surface area contributed by atoms with Crippen LogP contribution in [0.15, 0.2) is 18.2 Å². The third-order valence-corrected chi connectivity index (χ3v) is 1.73. The third-order valence-electron chi connectivity index (χ3n) is 1.73. The van der Waals surface area contributed by atoms with E-state index < -0.39 is 10.8 Å². The number of anilines is 1. The average Bonchev–Trinajstić information content (AvgIpc) is 2.20. The largest absolute Gasteiger partial charge is 0.398 e. The normalized spacial score (nSPS) is 9.00. The standard InChI is InChI=1S/C10H9N3O3/c11-9-5-4-8(13(15)16)6-7(9)2-1-3-10(12)14/h4-6H,3,11H2,(H2,12,14). The molecule has 1 aromatic rings. The zero-order valence-electron chi connectivity index (χ0n) is 8.27. The monoisotopic (exact) mass is 219 g/mol. The van der Waals surface area contributed by atoms with Crippen LogP contribution in [0.2, 0.25) is 0 Å². The summed E-state index contributed by atoms with van der Waals surface area (Å²) in [6.45, 7) is 0. The summed E-state index contributed by atoms with van der Waals surface area (Å²) in [6.07, 6.45) is -0.109. The molecular weight excluding hydrogens is 210 g/mol.